The van der Waals surface area contributed by atoms with Gasteiger partial charge in [-0.1, -0.05) is 41.6 Å². The summed E-state index contributed by atoms with van der Waals surface area (Å²) in [6.07, 6.45) is 2.94. The molecule has 1 aliphatic rings. The molecule has 236 valence electrons. The number of aryl methyl sites for hydroxylation is 1. The zero-order chi connectivity index (χ0) is 32.4. The minimum atomic E-state index is -4.34. The maximum Gasteiger partial charge on any atom is 0.269 e. The van der Waals surface area contributed by atoms with Gasteiger partial charge >= 0.3 is 0 Å². The second kappa shape index (κ2) is 12.7. The van der Waals surface area contributed by atoms with Gasteiger partial charge in [0.2, 0.25) is 11.8 Å². The molecule has 0 bridgehead atoms. The predicted molar refractivity (Wildman–Crippen MR) is 166 cm³/mol. The van der Waals surface area contributed by atoms with Crippen LogP contribution in [0, 0.1) is 13.8 Å². The molecule has 3 aromatic carbocycles. The predicted octanol–water partition coefficient (Wildman–Crippen LogP) is 5.23. The van der Waals surface area contributed by atoms with Crippen LogP contribution in [0.1, 0.15) is 37.5 Å². The summed E-state index contributed by atoms with van der Waals surface area (Å²) in [5, 5.41) is 3.96. The fourth-order valence-corrected chi connectivity index (χ4v) is 6.78. The number of nitrogens with zero attached hydrogens (tertiary/aromatic N) is 4. The molecule has 0 atom stereocenters. The first kappa shape index (κ1) is 30.9. The lowest BCUT2D eigenvalue weighted by molar-refractivity contribution is 0.0642. The highest BCUT2D eigenvalue weighted by Gasteiger charge is 2.37. The smallest absolute Gasteiger partial charge is 0.269 e. The molecular formula is C33H30N4O8S. The van der Waals surface area contributed by atoms with E-state index in [1.54, 1.807) is 74.5 Å². The van der Waals surface area contributed by atoms with Gasteiger partial charge in [-0.05, 0) is 55.3 Å². The molecule has 13 heteroatoms. The number of benzene rings is 3. The van der Waals surface area contributed by atoms with Gasteiger partial charge in [-0.15, -0.1) is 0 Å². The van der Waals surface area contributed by atoms with Crippen LogP contribution in [-0.4, -0.2) is 62.3 Å². The number of hydrogen-bond acceptors (Lipinski definition) is 10. The Bertz CT molecular complexity index is 1990. The van der Waals surface area contributed by atoms with Crippen molar-refractivity contribution in [1.82, 2.24) is 15.0 Å². The number of fused-ring (bicyclic) bond motifs is 1. The molecule has 0 saturated heterocycles. The van der Waals surface area contributed by atoms with Gasteiger partial charge < -0.3 is 18.4 Å². The summed E-state index contributed by atoms with van der Waals surface area (Å²) in [7, 11) is -2.82. The Labute approximate surface area is 265 Å². The first-order valence-corrected chi connectivity index (χ1v) is 15.8. The number of anilines is 1. The molecule has 1 aliphatic heterocycles. The summed E-state index contributed by atoms with van der Waals surface area (Å²) in [4.78, 5) is 32.1. The number of sulfonamides is 1. The lowest BCUT2D eigenvalue weighted by Gasteiger charge is -2.24. The highest BCUT2D eigenvalue weighted by atomic mass is 32.2. The molecule has 3 heterocycles. The van der Waals surface area contributed by atoms with Crippen molar-refractivity contribution in [3.63, 3.8) is 0 Å². The van der Waals surface area contributed by atoms with Crippen molar-refractivity contribution in [3.8, 4) is 22.6 Å². The van der Waals surface area contributed by atoms with E-state index in [0.29, 0.717) is 50.5 Å². The molecule has 2 amide bonds. The van der Waals surface area contributed by atoms with Crippen molar-refractivity contribution in [3.05, 3.63) is 107 Å². The first-order chi connectivity index (χ1) is 22.2. The van der Waals surface area contributed by atoms with Gasteiger partial charge in [-0.25, -0.2) is 17.7 Å². The molecule has 0 radical (unpaired) electrons. The fraction of sp³-hybridized carbons (Fsp3) is 0.212. The summed E-state index contributed by atoms with van der Waals surface area (Å²) in [5.74, 6) is -0.532. The van der Waals surface area contributed by atoms with E-state index in [-0.39, 0.29) is 37.3 Å². The molecule has 0 N–H and O–H groups in total. The third kappa shape index (κ3) is 5.60. The summed E-state index contributed by atoms with van der Waals surface area (Å²) < 4.78 is 51.7. The van der Waals surface area contributed by atoms with Gasteiger partial charge in [0.25, 0.3) is 21.8 Å². The molecule has 12 nitrogen and oxygen atoms in total. The van der Waals surface area contributed by atoms with Crippen LogP contribution in [0.3, 0.4) is 0 Å². The second-order valence-corrected chi connectivity index (χ2v) is 12.4. The Morgan fingerprint density at radius 3 is 2.22 bits per heavy atom. The quantitative estimate of drug-likeness (QED) is 0.101. The highest BCUT2D eigenvalue weighted by molar-refractivity contribution is 7.93. The lowest BCUT2D eigenvalue weighted by Crippen LogP contribution is -2.34. The standard InChI is InChI=1S/C33H30N4O8S/c1-21-22(2)35-45-33(21)37(20-43-17-16-42-3)46(40,41)29-11-7-6-8-26(29)25-13-12-23(30-34-14-15-44-30)18-24(25)19-36-31(38)27-9-4-5-10-28(27)32(36)39/h4-15,18H,16-17,19-20H2,1-3H3. The minimum absolute atomic E-state index is 0.0233. The van der Waals surface area contributed by atoms with Gasteiger partial charge in [0, 0.05) is 23.8 Å². The van der Waals surface area contributed by atoms with E-state index in [2.05, 4.69) is 10.1 Å². The number of ether oxygens (including phenoxy) is 2. The average Bonchev–Trinajstić information content (AvgIpc) is 3.78. The number of rotatable bonds is 12. The van der Waals surface area contributed by atoms with E-state index in [9.17, 15) is 18.0 Å². The molecule has 0 unspecified atom stereocenters. The third-order valence-electron chi connectivity index (χ3n) is 7.74. The number of amides is 2. The monoisotopic (exact) mass is 642 g/mol. The maximum atomic E-state index is 14.5. The van der Waals surface area contributed by atoms with Crippen LogP contribution in [0.25, 0.3) is 22.6 Å². The maximum absolute atomic E-state index is 14.5. The van der Waals surface area contributed by atoms with E-state index < -0.39 is 21.8 Å². The first-order valence-electron chi connectivity index (χ1n) is 14.3. The van der Waals surface area contributed by atoms with Crippen LogP contribution in [0.15, 0.2) is 93.0 Å². The van der Waals surface area contributed by atoms with Crippen LogP contribution in [0.5, 0.6) is 0 Å². The molecular weight excluding hydrogens is 612 g/mol. The molecule has 46 heavy (non-hydrogen) atoms. The number of carbonyl (C=O) groups excluding carboxylic acids is 2. The number of imide groups is 1. The van der Waals surface area contributed by atoms with Crippen molar-refractivity contribution >= 4 is 27.7 Å². The summed E-state index contributed by atoms with van der Waals surface area (Å²) in [5.41, 5.74) is 3.60. The van der Waals surface area contributed by atoms with E-state index in [1.165, 1.54) is 25.6 Å². The van der Waals surface area contributed by atoms with Crippen molar-refractivity contribution in [2.24, 2.45) is 0 Å². The van der Waals surface area contributed by atoms with Crippen molar-refractivity contribution in [2.75, 3.05) is 31.4 Å². The lowest BCUT2D eigenvalue weighted by atomic mass is 9.96. The van der Waals surface area contributed by atoms with Crippen LogP contribution < -0.4 is 4.31 Å². The Balaban J connectivity index is 1.46. The normalized spacial score (nSPS) is 13.0. The zero-order valence-corrected chi connectivity index (χ0v) is 26.1. The minimum Gasteiger partial charge on any atom is -0.445 e. The van der Waals surface area contributed by atoms with E-state index in [4.69, 9.17) is 18.4 Å². The fourth-order valence-electron chi connectivity index (χ4n) is 5.24. The molecule has 6 rings (SSSR count). The van der Waals surface area contributed by atoms with Gasteiger partial charge in [-0.3, -0.25) is 14.5 Å². The van der Waals surface area contributed by atoms with E-state index in [0.717, 1.165) is 9.21 Å². The van der Waals surface area contributed by atoms with Gasteiger partial charge in [0.15, 0.2) is 0 Å². The number of hydrogen-bond donors (Lipinski definition) is 0. The SMILES string of the molecule is COCCOCN(c1onc(C)c1C)S(=O)(=O)c1ccccc1-c1ccc(-c2ncco2)cc1CN1C(=O)c2ccccc2C1=O. The summed E-state index contributed by atoms with van der Waals surface area (Å²) >= 11 is 0. The van der Waals surface area contributed by atoms with Crippen molar-refractivity contribution in [1.29, 1.82) is 0 Å². The Hall–Kier alpha value is -5.11. The highest BCUT2D eigenvalue weighted by Crippen LogP contribution is 2.37. The number of carbonyl (C=O) groups is 2. The van der Waals surface area contributed by atoms with Crippen LogP contribution in [0.2, 0.25) is 0 Å². The Kier molecular flexibility index (Phi) is 8.54. The van der Waals surface area contributed by atoms with Gasteiger partial charge in [-0.2, -0.15) is 0 Å². The van der Waals surface area contributed by atoms with E-state index >= 15 is 0 Å². The Morgan fingerprint density at radius 2 is 1.59 bits per heavy atom. The van der Waals surface area contributed by atoms with Crippen LogP contribution >= 0.6 is 0 Å². The summed E-state index contributed by atoms with van der Waals surface area (Å²) in [6.45, 7) is 3.34. The van der Waals surface area contributed by atoms with E-state index in [1.807, 2.05) is 0 Å². The molecule has 5 aromatic rings. The third-order valence-corrected chi connectivity index (χ3v) is 9.50. The molecule has 0 fully saturated rings. The molecule has 0 saturated carbocycles. The molecule has 2 aromatic heterocycles. The molecule has 0 spiro atoms. The van der Waals surface area contributed by atoms with Gasteiger partial charge in [0.1, 0.15) is 13.0 Å². The van der Waals surface area contributed by atoms with Crippen molar-refractivity contribution in [2.45, 2.75) is 25.3 Å². The van der Waals surface area contributed by atoms with Crippen LogP contribution in [0.4, 0.5) is 5.88 Å². The van der Waals surface area contributed by atoms with Crippen molar-refractivity contribution < 1.29 is 36.4 Å². The number of oxazole rings is 1. The number of aromatic nitrogens is 2. The molecule has 0 aliphatic carbocycles. The zero-order valence-electron chi connectivity index (χ0n) is 25.3. The topological polar surface area (TPSA) is 145 Å². The average molecular weight is 643 g/mol. The largest absolute Gasteiger partial charge is 0.445 e. The van der Waals surface area contributed by atoms with Gasteiger partial charge in [0.05, 0.1) is 47.7 Å². The second-order valence-electron chi connectivity index (χ2n) is 10.5. The van der Waals surface area contributed by atoms with Crippen LogP contribution in [-0.2, 0) is 26.0 Å². The number of methoxy groups -OCH3 is 1. The summed E-state index contributed by atoms with van der Waals surface area (Å²) in [6, 6.07) is 18.3. The Morgan fingerprint density at radius 1 is 0.891 bits per heavy atom.